The van der Waals surface area contributed by atoms with E-state index in [1.807, 2.05) is 21.6 Å². The quantitative estimate of drug-likeness (QED) is 0.0268. The van der Waals surface area contributed by atoms with Crippen molar-refractivity contribution in [2.45, 2.75) is 375 Å². The minimum absolute atomic E-state index is 0.259. The molecule has 0 bridgehead atoms. The van der Waals surface area contributed by atoms with Gasteiger partial charge in [-0.2, -0.15) is 0 Å². The topological polar surface area (TPSA) is 99.9 Å². The number of unbranched alkanes of at least 4 members (excludes halogenated alkanes) is 33. The number of aliphatic hydroxyl groups is 4. The van der Waals surface area contributed by atoms with E-state index in [0.717, 1.165) is 128 Å². The maximum atomic E-state index is 10.9. The van der Waals surface area contributed by atoms with E-state index in [-0.39, 0.29) is 24.4 Å². The highest BCUT2D eigenvalue weighted by atomic mass is 33.1. The molecule has 0 heterocycles. The van der Waals surface area contributed by atoms with Gasteiger partial charge in [0.25, 0.3) is 0 Å². The third-order valence-electron chi connectivity index (χ3n) is 16.5. The van der Waals surface area contributed by atoms with Crippen LogP contribution in [0.15, 0.2) is 12.3 Å². The highest BCUT2D eigenvalue weighted by Gasteiger charge is 2.18. The molecule has 0 spiro atoms. The number of rotatable bonds is 68. The number of hydrogen-bond donors (Lipinski definition) is 4. The number of nitrogens with zero attached hydrogens (tertiary/aromatic N) is 3. The normalized spacial score (nSPS) is 13.3. The first-order chi connectivity index (χ1) is 40.1. The predicted molar refractivity (Wildman–Crippen MR) is 370 cm³/mol. The molecular weight excluding hydrogens is 1050 g/mol. The van der Waals surface area contributed by atoms with E-state index in [9.17, 15) is 20.4 Å². The van der Waals surface area contributed by atoms with Crippen LogP contribution in [0.2, 0.25) is 0 Å². The van der Waals surface area contributed by atoms with Crippen LogP contribution < -0.4 is 0 Å². The Balaban J connectivity index is 0. The van der Waals surface area contributed by atoms with Gasteiger partial charge in [0.15, 0.2) is 0 Å². The molecule has 0 aliphatic heterocycles. The molecule has 494 valence electrons. The Morgan fingerprint density at radius 2 is 0.598 bits per heavy atom. The molecule has 0 aromatic rings. The standard InChI is InChI=1S/C38H78N2O3.C34H71NO2S2/c1-6-10-13-15-17-19-21-23-27-37(41)34-40(35-38(42)28-24-22-20-18-16-14-11-7-2)31-25-26-36(5)43-33-32-39(29-9-4)30-12-8-3;1-4-7-9-11-13-15-17-19-21-23-26-33(36)31-35(28-25-30-39-38-29-6-3)32-34(37)27-24-22-20-18-16-14-12-10-8-5-2/h37-38,41-42H,5-35H2,1-4H3;33-34,36-37H,4-32H2,1-3H3. The molecule has 0 saturated carbocycles. The fraction of sp³-hybridized carbons (Fsp3) is 0.972. The smallest absolute Gasteiger partial charge is 0.100 e. The van der Waals surface area contributed by atoms with Gasteiger partial charge >= 0.3 is 0 Å². The van der Waals surface area contributed by atoms with Gasteiger partial charge in [0, 0.05) is 50.7 Å². The molecule has 0 aliphatic rings. The Kier molecular flexibility index (Phi) is 71.8. The van der Waals surface area contributed by atoms with E-state index in [1.54, 1.807) is 0 Å². The fourth-order valence-corrected chi connectivity index (χ4v) is 13.5. The van der Waals surface area contributed by atoms with Crippen LogP contribution in [0.4, 0.5) is 0 Å². The van der Waals surface area contributed by atoms with Crippen molar-refractivity contribution < 1.29 is 25.2 Å². The molecule has 0 aliphatic carbocycles. The Bertz CT molecular complexity index is 1150. The summed E-state index contributed by atoms with van der Waals surface area (Å²) in [5.74, 6) is 3.25. The fourth-order valence-electron chi connectivity index (χ4n) is 11.3. The van der Waals surface area contributed by atoms with Crippen LogP contribution in [-0.2, 0) is 4.74 Å². The molecule has 0 aromatic heterocycles. The molecule has 8 nitrogen and oxygen atoms in total. The lowest BCUT2D eigenvalue weighted by molar-refractivity contribution is 0.0590. The lowest BCUT2D eigenvalue weighted by Crippen LogP contribution is -2.39. The van der Waals surface area contributed by atoms with Gasteiger partial charge in [-0.3, -0.25) is 14.7 Å². The molecule has 0 aromatic carbocycles. The minimum atomic E-state index is -0.317. The van der Waals surface area contributed by atoms with Crippen molar-refractivity contribution in [3.05, 3.63) is 12.3 Å². The lowest BCUT2D eigenvalue weighted by Gasteiger charge is -2.27. The van der Waals surface area contributed by atoms with E-state index in [0.29, 0.717) is 19.7 Å². The molecule has 82 heavy (non-hydrogen) atoms. The van der Waals surface area contributed by atoms with Crippen molar-refractivity contribution >= 4 is 21.6 Å². The van der Waals surface area contributed by atoms with E-state index in [1.165, 1.54) is 237 Å². The van der Waals surface area contributed by atoms with Crippen LogP contribution in [0.25, 0.3) is 0 Å². The van der Waals surface area contributed by atoms with Gasteiger partial charge in [-0.15, -0.1) is 0 Å². The van der Waals surface area contributed by atoms with Crippen molar-refractivity contribution in [2.75, 3.05) is 77.0 Å². The molecule has 0 amide bonds. The number of hydrogen-bond acceptors (Lipinski definition) is 10. The number of allylic oxidation sites excluding steroid dienone is 1. The Morgan fingerprint density at radius 1 is 0.305 bits per heavy atom. The SMILES string of the molecule is C=C(CCCN(CC(O)CCCCCCCCCC)CC(O)CCCCCCCCCC)OCCN(CCC)CCCC.CCCCCCCCCCCCC(O)CN(CCCSSCCC)CC(O)CCCCCCCCCCCC. The molecule has 4 atom stereocenters. The second-order valence-corrected chi connectivity index (χ2v) is 28.0. The molecule has 0 saturated heterocycles. The van der Waals surface area contributed by atoms with Gasteiger partial charge in [-0.05, 0) is 84.0 Å². The van der Waals surface area contributed by atoms with Crippen LogP contribution in [0.5, 0.6) is 0 Å². The lowest BCUT2D eigenvalue weighted by atomic mass is 10.0. The number of aliphatic hydroxyl groups excluding tert-OH is 4. The average molecular weight is 1200 g/mol. The summed E-state index contributed by atoms with van der Waals surface area (Å²) in [6.45, 7) is 28.6. The van der Waals surface area contributed by atoms with Gasteiger partial charge in [0.1, 0.15) is 6.61 Å². The van der Waals surface area contributed by atoms with E-state index in [2.05, 4.69) is 69.7 Å². The second-order valence-electron chi connectivity index (χ2n) is 25.3. The van der Waals surface area contributed by atoms with Crippen LogP contribution in [0.3, 0.4) is 0 Å². The monoisotopic (exact) mass is 1200 g/mol. The minimum Gasteiger partial charge on any atom is -0.497 e. The summed E-state index contributed by atoms with van der Waals surface area (Å²) >= 11 is 0. The van der Waals surface area contributed by atoms with Crippen LogP contribution in [0, 0.1) is 0 Å². The Morgan fingerprint density at radius 3 is 0.915 bits per heavy atom. The zero-order chi connectivity index (χ0) is 60.5. The summed E-state index contributed by atoms with van der Waals surface area (Å²) in [5.41, 5.74) is 0. The highest BCUT2D eigenvalue weighted by Crippen LogP contribution is 2.23. The average Bonchev–Trinajstić information content (AvgIpc) is 3.45. The van der Waals surface area contributed by atoms with Crippen molar-refractivity contribution in [3.63, 3.8) is 0 Å². The van der Waals surface area contributed by atoms with E-state index >= 15 is 0 Å². The summed E-state index contributed by atoms with van der Waals surface area (Å²) in [6, 6.07) is 0. The Labute approximate surface area is 522 Å². The van der Waals surface area contributed by atoms with Gasteiger partial charge in [-0.25, -0.2) is 0 Å². The highest BCUT2D eigenvalue weighted by molar-refractivity contribution is 8.76. The molecular formula is C72H149N3O5S2. The summed E-state index contributed by atoms with van der Waals surface area (Å²) in [6.07, 6.45) is 57.5. The summed E-state index contributed by atoms with van der Waals surface area (Å²) < 4.78 is 6.00. The van der Waals surface area contributed by atoms with Crippen molar-refractivity contribution in [1.29, 1.82) is 0 Å². The largest absolute Gasteiger partial charge is 0.497 e. The third kappa shape index (κ3) is 65.9. The third-order valence-corrected chi connectivity index (χ3v) is 19.2. The van der Waals surface area contributed by atoms with Gasteiger partial charge < -0.3 is 25.2 Å². The van der Waals surface area contributed by atoms with Crippen LogP contribution in [0.1, 0.15) is 350 Å². The zero-order valence-corrected chi connectivity index (χ0v) is 58.2. The van der Waals surface area contributed by atoms with Crippen LogP contribution in [-0.4, -0.2) is 137 Å². The van der Waals surface area contributed by atoms with Gasteiger partial charge in [0.05, 0.1) is 30.2 Å². The zero-order valence-electron chi connectivity index (χ0n) is 56.6. The Hall–Kier alpha value is -0.0400. The first kappa shape index (κ1) is 84.0. The van der Waals surface area contributed by atoms with Gasteiger partial charge in [-0.1, -0.05) is 314 Å². The van der Waals surface area contributed by atoms with Crippen molar-refractivity contribution in [2.24, 2.45) is 0 Å². The molecule has 0 fully saturated rings. The maximum Gasteiger partial charge on any atom is 0.100 e. The van der Waals surface area contributed by atoms with Crippen LogP contribution >= 0.6 is 21.6 Å². The number of ether oxygens (including phenoxy) is 1. The molecule has 4 unspecified atom stereocenters. The predicted octanol–water partition coefficient (Wildman–Crippen LogP) is 20.7. The summed E-state index contributed by atoms with van der Waals surface area (Å²) in [4.78, 5) is 7.15. The first-order valence-electron chi connectivity index (χ1n) is 36.5. The molecule has 10 heteroatoms. The first-order valence-corrected chi connectivity index (χ1v) is 39.0. The molecule has 0 rings (SSSR count). The molecule has 4 N–H and O–H groups in total. The van der Waals surface area contributed by atoms with E-state index < -0.39 is 0 Å². The maximum absolute atomic E-state index is 10.9. The second kappa shape index (κ2) is 70.1. The van der Waals surface area contributed by atoms with Crippen molar-refractivity contribution in [1.82, 2.24) is 14.7 Å². The van der Waals surface area contributed by atoms with E-state index in [4.69, 9.17) is 4.74 Å². The van der Waals surface area contributed by atoms with Gasteiger partial charge in [0.2, 0.25) is 0 Å². The molecule has 0 radical (unpaired) electrons. The summed E-state index contributed by atoms with van der Waals surface area (Å²) in [5, 5.41) is 43.2. The summed E-state index contributed by atoms with van der Waals surface area (Å²) in [7, 11) is 3.96. The van der Waals surface area contributed by atoms with Crippen molar-refractivity contribution in [3.8, 4) is 0 Å².